The summed E-state index contributed by atoms with van der Waals surface area (Å²) in [5.74, 6) is -0.315. The molecule has 6 heteroatoms. The second-order valence-electron chi connectivity index (χ2n) is 4.68. The molecule has 1 aliphatic heterocycles. The van der Waals surface area contributed by atoms with Gasteiger partial charge in [0, 0.05) is 13.1 Å². The summed E-state index contributed by atoms with van der Waals surface area (Å²) in [6, 6.07) is 3.93. The number of hydrogen-bond donors (Lipinski definition) is 1. The van der Waals surface area contributed by atoms with Gasteiger partial charge in [-0.05, 0) is 24.4 Å². The van der Waals surface area contributed by atoms with Crippen LogP contribution >= 0.6 is 11.3 Å². The van der Waals surface area contributed by atoms with Crippen LogP contribution in [0.3, 0.4) is 0 Å². The van der Waals surface area contributed by atoms with Gasteiger partial charge in [0.25, 0.3) is 0 Å². The lowest BCUT2D eigenvalue weighted by Gasteiger charge is -2.12. The van der Waals surface area contributed by atoms with E-state index in [9.17, 15) is 4.79 Å². The maximum Gasteiger partial charge on any atom is 0.307 e. The fourth-order valence-electron chi connectivity index (χ4n) is 2.30. The van der Waals surface area contributed by atoms with Crippen LogP contribution in [-0.2, 0) is 11.3 Å². The average Bonchev–Trinajstić information content (AvgIpc) is 3.09. The summed E-state index contributed by atoms with van der Waals surface area (Å²) in [5.41, 5.74) is 0.856. The van der Waals surface area contributed by atoms with Gasteiger partial charge >= 0.3 is 5.97 Å². The standard InChI is InChI=1S/C13H14N2O3S/c16-13(17)9-3-4-15(6-9)7-10-8-18-12(14-10)11-2-1-5-19-11/h1-2,5,8-9H,3-4,6-7H2,(H,16,17). The molecule has 0 amide bonds. The van der Waals surface area contributed by atoms with Crippen molar-refractivity contribution in [3.8, 4) is 10.8 Å². The fourth-order valence-corrected chi connectivity index (χ4v) is 2.96. The van der Waals surface area contributed by atoms with E-state index in [0.717, 1.165) is 17.1 Å². The van der Waals surface area contributed by atoms with E-state index in [-0.39, 0.29) is 5.92 Å². The Kier molecular flexibility index (Phi) is 3.35. The van der Waals surface area contributed by atoms with Crippen LogP contribution < -0.4 is 0 Å². The molecule has 0 aliphatic carbocycles. The van der Waals surface area contributed by atoms with Crippen LogP contribution in [0.4, 0.5) is 0 Å². The zero-order valence-electron chi connectivity index (χ0n) is 10.3. The first-order valence-corrected chi connectivity index (χ1v) is 7.04. The van der Waals surface area contributed by atoms with Crippen LogP contribution in [0.5, 0.6) is 0 Å². The summed E-state index contributed by atoms with van der Waals surface area (Å²) >= 11 is 1.59. The molecule has 0 bridgehead atoms. The number of aromatic nitrogens is 1. The van der Waals surface area contributed by atoms with Gasteiger partial charge in [-0.15, -0.1) is 11.3 Å². The maximum absolute atomic E-state index is 10.9. The zero-order valence-corrected chi connectivity index (χ0v) is 11.1. The molecule has 5 nitrogen and oxygen atoms in total. The third kappa shape index (κ3) is 2.69. The molecule has 0 radical (unpaired) electrons. The molecule has 1 N–H and O–H groups in total. The van der Waals surface area contributed by atoms with E-state index < -0.39 is 5.97 Å². The molecule has 1 aliphatic rings. The Morgan fingerprint density at radius 3 is 3.21 bits per heavy atom. The molecule has 0 spiro atoms. The van der Waals surface area contributed by atoms with Gasteiger partial charge in [0.1, 0.15) is 6.26 Å². The van der Waals surface area contributed by atoms with Crippen molar-refractivity contribution in [2.45, 2.75) is 13.0 Å². The largest absolute Gasteiger partial charge is 0.481 e. The van der Waals surface area contributed by atoms with Gasteiger partial charge in [-0.2, -0.15) is 0 Å². The molecular formula is C13H14N2O3S. The molecular weight excluding hydrogens is 264 g/mol. The summed E-state index contributed by atoms with van der Waals surface area (Å²) in [5, 5.41) is 11.0. The van der Waals surface area contributed by atoms with E-state index in [0.29, 0.717) is 25.4 Å². The SMILES string of the molecule is O=C(O)C1CCN(Cc2coc(-c3cccs3)n2)C1. The van der Waals surface area contributed by atoms with Crippen LogP contribution in [0.2, 0.25) is 0 Å². The number of hydrogen-bond acceptors (Lipinski definition) is 5. The van der Waals surface area contributed by atoms with Crippen molar-refractivity contribution in [2.24, 2.45) is 5.92 Å². The van der Waals surface area contributed by atoms with E-state index in [1.165, 1.54) is 0 Å². The average molecular weight is 278 g/mol. The molecule has 1 unspecified atom stereocenters. The lowest BCUT2D eigenvalue weighted by atomic mass is 10.1. The molecule has 100 valence electrons. The Hall–Kier alpha value is -1.66. The molecule has 2 aromatic rings. The number of rotatable bonds is 4. The Balaban J connectivity index is 1.64. The normalized spacial score (nSPS) is 19.9. The first-order valence-electron chi connectivity index (χ1n) is 6.16. The smallest absolute Gasteiger partial charge is 0.307 e. The Labute approximate surface area is 114 Å². The van der Waals surface area contributed by atoms with E-state index >= 15 is 0 Å². The summed E-state index contributed by atoms with van der Waals surface area (Å²) in [4.78, 5) is 18.5. The molecule has 3 rings (SSSR count). The minimum Gasteiger partial charge on any atom is -0.481 e. The van der Waals surface area contributed by atoms with Crippen LogP contribution in [0.1, 0.15) is 12.1 Å². The molecule has 2 aromatic heterocycles. The van der Waals surface area contributed by atoms with Crippen LogP contribution in [0, 0.1) is 5.92 Å². The Morgan fingerprint density at radius 2 is 2.53 bits per heavy atom. The number of aliphatic carboxylic acids is 1. The lowest BCUT2D eigenvalue weighted by molar-refractivity contribution is -0.141. The van der Waals surface area contributed by atoms with E-state index in [1.54, 1.807) is 17.6 Å². The summed E-state index contributed by atoms with van der Waals surface area (Å²) < 4.78 is 5.45. The zero-order chi connectivity index (χ0) is 13.2. The van der Waals surface area contributed by atoms with Crippen LogP contribution in [0.25, 0.3) is 10.8 Å². The molecule has 0 saturated carbocycles. The van der Waals surface area contributed by atoms with E-state index in [1.807, 2.05) is 17.5 Å². The molecule has 1 fully saturated rings. The second kappa shape index (κ2) is 5.14. The van der Waals surface area contributed by atoms with Gasteiger partial charge in [-0.25, -0.2) is 4.98 Å². The van der Waals surface area contributed by atoms with Gasteiger partial charge in [0.05, 0.1) is 16.5 Å². The summed E-state index contributed by atoms with van der Waals surface area (Å²) in [6.07, 6.45) is 2.37. The highest BCUT2D eigenvalue weighted by Gasteiger charge is 2.28. The van der Waals surface area contributed by atoms with Crippen molar-refractivity contribution in [3.63, 3.8) is 0 Å². The number of carbonyl (C=O) groups is 1. The molecule has 3 heterocycles. The first-order chi connectivity index (χ1) is 9.22. The monoisotopic (exact) mass is 278 g/mol. The summed E-state index contributed by atoms with van der Waals surface area (Å²) in [7, 11) is 0. The minimum atomic E-state index is -0.707. The van der Waals surface area contributed by atoms with Gasteiger partial charge in [-0.1, -0.05) is 6.07 Å². The predicted molar refractivity (Wildman–Crippen MR) is 70.8 cm³/mol. The molecule has 1 atom stereocenters. The predicted octanol–water partition coefficient (Wildman–Crippen LogP) is 2.31. The van der Waals surface area contributed by atoms with E-state index in [4.69, 9.17) is 9.52 Å². The highest BCUT2D eigenvalue weighted by atomic mass is 32.1. The van der Waals surface area contributed by atoms with Crippen LogP contribution in [-0.4, -0.2) is 34.0 Å². The molecule has 0 aromatic carbocycles. The topological polar surface area (TPSA) is 66.6 Å². The number of carboxylic acid groups (broad SMARTS) is 1. The van der Waals surface area contributed by atoms with Crippen molar-refractivity contribution in [3.05, 3.63) is 29.5 Å². The highest BCUT2D eigenvalue weighted by molar-refractivity contribution is 7.13. The molecule has 19 heavy (non-hydrogen) atoms. The highest BCUT2D eigenvalue weighted by Crippen LogP contribution is 2.25. The van der Waals surface area contributed by atoms with Crippen molar-refractivity contribution >= 4 is 17.3 Å². The number of carboxylic acids is 1. The van der Waals surface area contributed by atoms with Crippen molar-refractivity contribution in [1.82, 2.24) is 9.88 Å². The fraction of sp³-hybridized carbons (Fsp3) is 0.385. The number of nitrogens with zero attached hydrogens (tertiary/aromatic N) is 2. The van der Waals surface area contributed by atoms with Gasteiger partial charge in [-0.3, -0.25) is 9.69 Å². The number of likely N-dealkylation sites (tertiary alicyclic amines) is 1. The third-order valence-electron chi connectivity index (χ3n) is 3.29. The lowest BCUT2D eigenvalue weighted by Crippen LogP contribution is -2.22. The van der Waals surface area contributed by atoms with Gasteiger partial charge in [0.15, 0.2) is 0 Å². The third-order valence-corrected chi connectivity index (χ3v) is 4.15. The quantitative estimate of drug-likeness (QED) is 0.929. The van der Waals surface area contributed by atoms with Gasteiger partial charge < -0.3 is 9.52 Å². The first kappa shape index (κ1) is 12.4. The maximum atomic E-state index is 10.9. The second-order valence-corrected chi connectivity index (χ2v) is 5.63. The number of oxazole rings is 1. The van der Waals surface area contributed by atoms with Crippen molar-refractivity contribution in [1.29, 1.82) is 0 Å². The van der Waals surface area contributed by atoms with Gasteiger partial charge in [0.2, 0.25) is 5.89 Å². The van der Waals surface area contributed by atoms with Crippen molar-refractivity contribution in [2.75, 3.05) is 13.1 Å². The van der Waals surface area contributed by atoms with Crippen LogP contribution in [0.15, 0.2) is 28.2 Å². The van der Waals surface area contributed by atoms with E-state index in [2.05, 4.69) is 9.88 Å². The summed E-state index contributed by atoms with van der Waals surface area (Å²) in [6.45, 7) is 2.05. The Bertz CT molecular complexity index is 564. The van der Waals surface area contributed by atoms with Crippen molar-refractivity contribution < 1.29 is 14.3 Å². The Morgan fingerprint density at radius 1 is 1.63 bits per heavy atom. The number of thiophene rings is 1. The minimum absolute atomic E-state index is 0.247. The molecule has 1 saturated heterocycles.